The SMILES string of the molecule is COc1ccc(Br)cc1C(=O)C(=[N+]=[N-])c1ccccc1. The molecule has 0 bridgehead atoms. The molecule has 0 amide bonds. The van der Waals surface area contributed by atoms with Gasteiger partial charge in [-0.25, -0.2) is 0 Å². The first kappa shape index (κ1) is 14.2. The van der Waals surface area contributed by atoms with E-state index in [1.807, 2.05) is 6.07 Å². The summed E-state index contributed by atoms with van der Waals surface area (Å²) in [6.07, 6.45) is 0. The molecular formula is C15H11BrN2O2. The quantitative estimate of drug-likeness (QED) is 0.373. The van der Waals surface area contributed by atoms with Crippen LogP contribution in [0, 0.1) is 0 Å². The van der Waals surface area contributed by atoms with Crippen LogP contribution in [0.5, 0.6) is 5.75 Å². The van der Waals surface area contributed by atoms with Gasteiger partial charge in [0.05, 0.1) is 18.2 Å². The highest BCUT2D eigenvalue weighted by molar-refractivity contribution is 9.10. The van der Waals surface area contributed by atoms with Gasteiger partial charge in [0.1, 0.15) is 5.75 Å². The van der Waals surface area contributed by atoms with Crippen LogP contribution in [0.15, 0.2) is 53.0 Å². The lowest BCUT2D eigenvalue weighted by Crippen LogP contribution is -2.17. The Bertz CT molecular complexity index is 692. The Balaban J connectivity index is 2.50. The monoisotopic (exact) mass is 330 g/mol. The topological polar surface area (TPSA) is 62.7 Å². The molecule has 20 heavy (non-hydrogen) atoms. The molecule has 0 aliphatic rings. The van der Waals surface area contributed by atoms with Crippen molar-refractivity contribution in [3.05, 3.63) is 69.7 Å². The molecule has 0 saturated heterocycles. The third-order valence-electron chi connectivity index (χ3n) is 2.77. The maximum absolute atomic E-state index is 12.5. The standard InChI is InChI=1S/C15H11BrN2O2/c1-20-13-8-7-11(16)9-12(13)15(19)14(18-17)10-5-3-2-4-6-10/h2-9H,1H3. The summed E-state index contributed by atoms with van der Waals surface area (Å²) >= 11 is 3.31. The number of ketones is 1. The van der Waals surface area contributed by atoms with Crippen LogP contribution in [0.4, 0.5) is 0 Å². The lowest BCUT2D eigenvalue weighted by Gasteiger charge is -2.06. The summed E-state index contributed by atoms with van der Waals surface area (Å²) in [7, 11) is 1.48. The summed E-state index contributed by atoms with van der Waals surface area (Å²) in [5.41, 5.74) is 10.0. The molecule has 0 aromatic heterocycles. The van der Waals surface area contributed by atoms with Crippen molar-refractivity contribution < 1.29 is 14.3 Å². The first-order valence-corrected chi connectivity index (χ1v) is 6.62. The number of hydrogen-bond acceptors (Lipinski definition) is 2. The second kappa shape index (κ2) is 6.28. The van der Waals surface area contributed by atoms with Crippen LogP contribution in [0.1, 0.15) is 15.9 Å². The molecule has 0 atom stereocenters. The molecular weight excluding hydrogens is 320 g/mol. The Hall–Kier alpha value is -2.23. The van der Waals surface area contributed by atoms with Gasteiger partial charge in [0.25, 0.3) is 5.78 Å². The van der Waals surface area contributed by atoms with Crippen molar-refractivity contribution in [1.29, 1.82) is 0 Å². The molecule has 100 valence electrons. The largest absolute Gasteiger partial charge is 0.496 e. The molecule has 2 rings (SSSR count). The summed E-state index contributed by atoms with van der Waals surface area (Å²) in [5.74, 6) is 0.0205. The molecule has 0 saturated carbocycles. The van der Waals surface area contributed by atoms with E-state index >= 15 is 0 Å². The van der Waals surface area contributed by atoms with Gasteiger partial charge in [0.2, 0.25) is 0 Å². The summed E-state index contributed by atoms with van der Waals surface area (Å²) < 4.78 is 5.92. The molecule has 0 radical (unpaired) electrons. The van der Waals surface area contributed by atoms with E-state index in [0.717, 1.165) is 4.47 Å². The van der Waals surface area contributed by atoms with Crippen molar-refractivity contribution in [3.8, 4) is 5.75 Å². The van der Waals surface area contributed by atoms with E-state index in [4.69, 9.17) is 10.3 Å². The maximum Gasteiger partial charge on any atom is 0.370 e. The average molecular weight is 331 g/mol. The van der Waals surface area contributed by atoms with Crippen LogP contribution in [0.2, 0.25) is 0 Å². The number of hydrogen-bond donors (Lipinski definition) is 0. The van der Waals surface area contributed by atoms with E-state index < -0.39 is 5.78 Å². The van der Waals surface area contributed by atoms with Gasteiger partial charge in [0.15, 0.2) is 0 Å². The van der Waals surface area contributed by atoms with Gasteiger partial charge in [-0.2, -0.15) is 4.79 Å². The first-order chi connectivity index (χ1) is 9.67. The molecule has 0 heterocycles. The third kappa shape index (κ3) is 2.85. The molecule has 4 nitrogen and oxygen atoms in total. The minimum atomic E-state index is -0.406. The van der Waals surface area contributed by atoms with Crippen molar-refractivity contribution in [2.75, 3.05) is 7.11 Å². The van der Waals surface area contributed by atoms with Crippen LogP contribution in [0.3, 0.4) is 0 Å². The molecule has 0 unspecified atom stereocenters. The zero-order chi connectivity index (χ0) is 14.5. The van der Waals surface area contributed by atoms with Crippen LogP contribution < -0.4 is 4.74 Å². The number of methoxy groups -OCH3 is 1. The molecule has 0 fully saturated rings. The normalized spacial score (nSPS) is 9.70. The number of nitrogens with zero attached hydrogens (tertiary/aromatic N) is 2. The van der Waals surface area contributed by atoms with Gasteiger partial charge in [-0.15, -0.1) is 0 Å². The Morgan fingerprint density at radius 2 is 1.90 bits per heavy atom. The predicted molar refractivity (Wildman–Crippen MR) is 79.2 cm³/mol. The van der Waals surface area contributed by atoms with Gasteiger partial charge in [0, 0.05) is 4.47 Å². The molecule has 0 spiro atoms. The predicted octanol–water partition coefficient (Wildman–Crippen LogP) is 3.36. The molecule has 2 aromatic carbocycles. The minimum Gasteiger partial charge on any atom is -0.496 e. The van der Waals surface area contributed by atoms with Crippen LogP contribution in [-0.4, -0.2) is 23.4 Å². The van der Waals surface area contributed by atoms with E-state index in [1.54, 1.807) is 42.5 Å². The maximum atomic E-state index is 12.5. The highest BCUT2D eigenvalue weighted by Gasteiger charge is 2.27. The molecule has 0 aliphatic carbocycles. The molecule has 0 N–H and O–H groups in total. The zero-order valence-corrected chi connectivity index (χ0v) is 12.3. The summed E-state index contributed by atoms with van der Waals surface area (Å²) in [4.78, 5) is 15.7. The van der Waals surface area contributed by atoms with Gasteiger partial charge in [-0.3, -0.25) is 4.79 Å². The van der Waals surface area contributed by atoms with Gasteiger partial charge in [-0.1, -0.05) is 34.1 Å². The van der Waals surface area contributed by atoms with E-state index in [9.17, 15) is 4.79 Å². The smallest absolute Gasteiger partial charge is 0.370 e. The molecule has 0 aliphatic heterocycles. The van der Waals surface area contributed by atoms with E-state index in [2.05, 4.69) is 20.7 Å². The summed E-state index contributed by atoms with van der Waals surface area (Å²) in [5, 5.41) is 0. The van der Waals surface area contributed by atoms with Crippen molar-refractivity contribution in [1.82, 2.24) is 0 Å². The lowest BCUT2D eigenvalue weighted by atomic mass is 10.00. The van der Waals surface area contributed by atoms with Crippen LogP contribution in [0.25, 0.3) is 5.53 Å². The summed E-state index contributed by atoms with van der Waals surface area (Å²) in [6.45, 7) is 0. The van der Waals surface area contributed by atoms with Gasteiger partial charge in [-0.05, 0) is 30.3 Å². The van der Waals surface area contributed by atoms with Gasteiger partial charge < -0.3 is 10.3 Å². The fourth-order valence-electron chi connectivity index (χ4n) is 1.82. The fraction of sp³-hybridized carbons (Fsp3) is 0.0667. The Morgan fingerprint density at radius 3 is 2.50 bits per heavy atom. The fourth-order valence-corrected chi connectivity index (χ4v) is 2.18. The number of Topliss-reactive ketones (excluding diaryl/α,β-unsaturated/α-hetero) is 1. The number of benzene rings is 2. The average Bonchev–Trinajstić information content (AvgIpc) is 2.49. The zero-order valence-electron chi connectivity index (χ0n) is 10.7. The Labute approximate surface area is 124 Å². The van der Waals surface area contributed by atoms with E-state index in [-0.39, 0.29) is 5.71 Å². The Kier molecular flexibility index (Phi) is 4.45. The van der Waals surface area contributed by atoms with Crippen LogP contribution >= 0.6 is 15.9 Å². The molecule has 5 heteroatoms. The third-order valence-corrected chi connectivity index (χ3v) is 3.26. The van der Waals surface area contributed by atoms with Crippen molar-refractivity contribution in [3.63, 3.8) is 0 Å². The van der Waals surface area contributed by atoms with Crippen LogP contribution in [-0.2, 0) is 0 Å². The second-order valence-corrected chi connectivity index (χ2v) is 4.90. The van der Waals surface area contributed by atoms with Crippen molar-refractivity contribution in [2.24, 2.45) is 0 Å². The van der Waals surface area contributed by atoms with E-state index in [0.29, 0.717) is 16.9 Å². The lowest BCUT2D eigenvalue weighted by molar-refractivity contribution is -0.00500. The highest BCUT2D eigenvalue weighted by Crippen LogP contribution is 2.24. The van der Waals surface area contributed by atoms with Crippen molar-refractivity contribution >= 4 is 27.4 Å². The number of rotatable bonds is 4. The summed E-state index contributed by atoms with van der Waals surface area (Å²) in [6, 6.07) is 13.9. The Morgan fingerprint density at radius 1 is 1.20 bits per heavy atom. The number of ether oxygens (including phenoxy) is 1. The van der Waals surface area contributed by atoms with Gasteiger partial charge >= 0.3 is 5.71 Å². The number of halogens is 1. The minimum absolute atomic E-state index is 0.0259. The van der Waals surface area contributed by atoms with E-state index in [1.165, 1.54) is 7.11 Å². The number of carbonyl (C=O) groups excluding carboxylic acids is 1. The van der Waals surface area contributed by atoms with Crippen molar-refractivity contribution in [2.45, 2.75) is 0 Å². The second-order valence-electron chi connectivity index (χ2n) is 3.99. The first-order valence-electron chi connectivity index (χ1n) is 5.83. The molecule has 2 aromatic rings. The highest BCUT2D eigenvalue weighted by atomic mass is 79.9. The number of carbonyl (C=O) groups is 1.